The fourth-order valence-corrected chi connectivity index (χ4v) is 3.26. The number of benzene rings is 2. The van der Waals surface area contributed by atoms with E-state index in [1.165, 1.54) is 30.1 Å². The number of carbonyl (C=O) groups excluding carboxylic acids is 2. The average molecular weight is 400 g/mol. The van der Waals surface area contributed by atoms with Crippen LogP contribution in [0.15, 0.2) is 53.6 Å². The van der Waals surface area contributed by atoms with Crippen LogP contribution >= 0.6 is 0 Å². The van der Waals surface area contributed by atoms with E-state index in [4.69, 9.17) is 4.74 Å². The van der Waals surface area contributed by atoms with Crippen molar-refractivity contribution in [3.8, 4) is 5.75 Å². The van der Waals surface area contributed by atoms with Crippen LogP contribution in [0.3, 0.4) is 0 Å². The second-order valence-corrected chi connectivity index (χ2v) is 6.92. The molecule has 0 N–H and O–H groups in total. The monoisotopic (exact) mass is 400 g/mol. The molecule has 7 heteroatoms. The molecule has 0 bridgehead atoms. The first-order valence-electron chi connectivity index (χ1n) is 9.30. The molecule has 152 valence electrons. The third-order valence-corrected chi connectivity index (χ3v) is 4.94. The molecular weight excluding hydrogens is 378 g/mol. The lowest BCUT2D eigenvalue weighted by atomic mass is 9.92. The molecule has 0 saturated heterocycles. The van der Waals surface area contributed by atoms with Crippen LogP contribution in [0.1, 0.15) is 31.4 Å². The molecule has 29 heavy (non-hydrogen) atoms. The van der Waals surface area contributed by atoms with E-state index in [9.17, 15) is 18.4 Å². The van der Waals surface area contributed by atoms with Crippen molar-refractivity contribution in [1.82, 2.24) is 0 Å². The number of nitrogens with zero attached hydrogens (tertiary/aromatic N) is 2. The molecule has 2 aromatic rings. The Labute approximate surface area is 168 Å². The number of hydrogen-bond donors (Lipinski definition) is 0. The summed E-state index contributed by atoms with van der Waals surface area (Å²) in [5, 5.41) is 5.42. The lowest BCUT2D eigenvalue weighted by Crippen LogP contribution is -2.33. The van der Waals surface area contributed by atoms with Gasteiger partial charge in [-0.1, -0.05) is 25.1 Å². The van der Waals surface area contributed by atoms with Gasteiger partial charge in [-0.25, -0.2) is 8.78 Å². The van der Waals surface area contributed by atoms with Gasteiger partial charge in [0, 0.05) is 18.4 Å². The molecule has 1 aliphatic rings. The van der Waals surface area contributed by atoms with Gasteiger partial charge in [0.15, 0.2) is 5.78 Å². The Morgan fingerprint density at radius 3 is 2.52 bits per heavy atom. The molecule has 5 nitrogen and oxygen atoms in total. The molecule has 1 heterocycles. The number of rotatable bonds is 7. The zero-order valence-electron chi connectivity index (χ0n) is 16.5. The number of Topliss-reactive ketones (excluding diaryl/α,β-unsaturated/α-hetero) is 1. The molecule has 1 aliphatic heterocycles. The molecule has 0 radical (unpaired) electrons. The van der Waals surface area contributed by atoms with Gasteiger partial charge in [-0.2, -0.15) is 10.1 Å². The van der Waals surface area contributed by atoms with Gasteiger partial charge in [0.1, 0.15) is 11.7 Å². The number of hydrazone groups is 1. The summed E-state index contributed by atoms with van der Waals surface area (Å²) in [6.07, 6.45) is -0.443. The highest BCUT2D eigenvalue weighted by molar-refractivity contribution is 6.27. The summed E-state index contributed by atoms with van der Waals surface area (Å²) >= 11 is 0. The molecule has 0 fully saturated rings. The zero-order valence-corrected chi connectivity index (χ0v) is 16.5. The molecular formula is C22H22F2N2O3. The van der Waals surface area contributed by atoms with Gasteiger partial charge in [-0.3, -0.25) is 9.59 Å². The molecule has 0 aromatic heterocycles. The fraction of sp³-hybridized carbons (Fsp3) is 0.318. The van der Waals surface area contributed by atoms with Crippen molar-refractivity contribution in [3.05, 3.63) is 59.7 Å². The van der Waals surface area contributed by atoms with Crippen LogP contribution in [0.5, 0.6) is 5.75 Å². The normalized spacial score (nSPS) is 16.7. The minimum Gasteiger partial charge on any atom is -0.497 e. The van der Waals surface area contributed by atoms with Crippen molar-refractivity contribution in [2.45, 2.75) is 32.6 Å². The van der Waals surface area contributed by atoms with E-state index in [2.05, 4.69) is 5.10 Å². The summed E-state index contributed by atoms with van der Waals surface area (Å²) in [7, 11) is 1.54. The maximum Gasteiger partial charge on any atom is 0.273 e. The van der Waals surface area contributed by atoms with E-state index in [1.807, 2.05) is 0 Å². The molecule has 0 aliphatic carbocycles. The Morgan fingerprint density at radius 2 is 1.90 bits per heavy atom. The molecule has 1 atom stereocenters. The van der Waals surface area contributed by atoms with E-state index in [1.54, 1.807) is 44.4 Å². The summed E-state index contributed by atoms with van der Waals surface area (Å²) in [6.45, 7) is 3.02. The quantitative estimate of drug-likeness (QED) is 0.650. The lowest BCUT2D eigenvalue weighted by molar-refractivity contribution is -0.128. The Morgan fingerprint density at radius 1 is 1.21 bits per heavy atom. The lowest BCUT2D eigenvalue weighted by Gasteiger charge is -2.16. The summed E-state index contributed by atoms with van der Waals surface area (Å²) in [6, 6.07) is 12.5. The van der Waals surface area contributed by atoms with E-state index < -0.39 is 17.7 Å². The van der Waals surface area contributed by atoms with Gasteiger partial charge < -0.3 is 4.74 Å². The molecule has 0 saturated carbocycles. The summed E-state index contributed by atoms with van der Waals surface area (Å²) < 4.78 is 33.0. The van der Waals surface area contributed by atoms with Crippen LogP contribution in [0.25, 0.3) is 0 Å². The molecule has 3 rings (SSSR count). The number of methoxy groups -OCH3 is 1. The van der Waals surface area contributed by atoms with Gasteiger partial charge >= 0.3 is 0 Å². The number of carbonyl (C=O) groups is 2. The number of ether oxygens (including phenoxy) is 1. The molecule has 0 spiro atoms. The maximum atomic E-state index is 13.9. The summed E-state index contributed by atoms with van der Waals surface area (Å²) in [5.74, 6) is -4.16. The van der Waals surface area contributed by atoms with E-state index in [-0.39, 0.29) is 24.2 Å². The van der Waals surface area contributed by atoms with Crippen molar-refractivity contribution in [1.29, 1.82) is 0 Å². The van der Waals surface area contributed by atoms with E-state index in [0.29, 0.717) is 22.7 Å². The Kier molecular flexibility index (Phi) is 5.77. The van der Waals surface area contributed by atoms with Crippen molar-refractivity contribution < 1.29 is 23.1 Å². The molecule has 2 aromatic carbocycles. The third kappa shape index (κ3) is 4.18. The van der Waals surface area contributed by atoms with Crippen molar-refractivity contribution in [2.24, 2.45) is 11.0 Å². The van der Waals surface area contributed by atoms with Crippen LogP contribution in [-0.2, 0) is 21.9 Å². The first kappa shape index (κ1) is 20.6. The van der Waals surface area contributed by atoms with Crippen LogP contribution < -0.4 is 9.75 Å². The van der Waals surface area contributed by atoms with Gasteiger partial charge in [0.05, 0.1) is 18.5 Å². The van der Waals surface area contributed by atoms with Gasteiger partial charge in [0.2, 0.25) is 0 Å². The fourth-order valence-electron chi connectivity index (χ4n) is 3.26. The number of amides is 1. The van der Waals surface area contributed by atoms with Crippen molar-refractivity contribution >= 4 is 23.1 Å². The Balaban J connectivity index is 1.77. The minimum absolute atomic E-state index is 0.118. The highest BCUT2D eigenvalue weighted by Crippen LogP contribution is 2.32. The average Bonchev–Trinajstić information content (AvgIpc) is 3.02. The Bertz CT molecular complexity index is 955. The third-order valence-electron chi connectivity index (χ3n) is 4.94. The van der Waals surface area contributed by atoms with Gasteiger partial charge in [-0.05, 0) is 42.8 Å². The van der Waals surface area contributed by atoms with Crippen LogP contribution in [0.4, 0.5) is 14.5 Å². The second kappa shape index (κ2) is 8.11. The van der Waals surface area contributed by atoms with Crippen LogP contribution in [0, 0.1) is 5.92 Å². The summed E-state index contributed by atoms with van der Waals surface area (Å²) in [5.41, 5.74) is 1.22. The highest BCUT2D eigenvalue weighted by Gasteiger charge is 2.39. The number of hydrogen-bond acceptors (Lipinski definition) is 4. The summed E-state index contributed by atoms with van der Waals surface area (Å²) in [4.78, 5) is 25.6. The maximum absolute atomic E-state index is 13.9. The van der Waals surface area contributed by atoms with Crippen molar-refractivity contribution in [3.63, 3.8) is 0 Å². The standard InChI is InChI=1S/C22H22F2N2O3/c1-4-22(23,24)16-7-5-6-15(12-16)13-19(27)20-14(2)25-26(21(20)28)17-8-10-18(29-3)11-9-17/h5-12,20H,4,13H2,1-3H3. The SMILES string of the molecule is CCC(F)(F)c1cccc(CC(=O)C2C(=O)N(c3ccc(OC)cc3)N=C2C)c1. The predicted octanol–water partition coefficient (Wildman–Crippen LogP) is 4.35. The second-order valence-electron chi connectivity index (χ2n) is 6.92. The minimum atomic E-state index is -2.95. The highest BCUT2D eigenvalue weighted by atomic mass is 19.3. The van der Waals surface area contributed by atoms with Gasteiger partial charge in [0.25, 0.3) is 11.8 Å². The molecule has 1 unspecified atom stereocenters. The van der Waals surface area contributed by atoms with Crippen molar-refractivity contribution in [2.75, 3.05) is 12.1 Å². The number of ketones is 1. The van der Waals surface area contributed by atoms with Crippen LogP contribution in [0.2, 0.25) is 0 Å². The van der Waals surface area contributed by atoms with Gasteiger partial charge in [-0.15, -0.1) is 0 Å². The number of anilines is 1. The van der Waals surface area contributed by atoms with E-state index >= 15 is 0 Å². The topological polar surface area (TPSA) is 59.0 Å². The molecule has 1 amide bonds. The Hall–Kier alpha value is -3.09. The first-order chi connectivity index (χ1) is 13.8. The first-order valence-corrected chi connectivity index (χ1v) is 9.30. The smallest absolute Gasteiger partial charge is 0.273 e. The van der Waals surface area contributed by atoms with E-state index in [0.717, 1.165) is 0 Å². The zero-order chi connectivity index (χ0) is 21.2. The predicted molar refractivity (Wildman–Crippen MR) is 106 cm³/mol. The largest absolute Gasteiger partial charge is 0.497 e. The number of halogens is 2. The number of alkyl halides is 2. The van der Waals surface area contributed by atoms with Crippen LogP contribution in [-0.4, -0.2) is 24.5 Å².